The van der Waals surface area contributed by atoms with Gasteiger partial charge in [0.25, 0.3) is 5.91 Å². The van der Waals surface area contributed by atoms with Gasteiger partial charge in [-0.05, 0) is 48.0 Å². The molecule has 0 radical (unpaired) electrons. The highest BCUT2D eigenvalue weighted by atomic mass is 35.5. The molecule has 3 aromatic rings. The lowest BCUT2D eigenvalue weighted by Crippen LogP contribution is -2.31. The first kappa shape index (κ1) is 16.1. The minimum Gasteiger partial charge on any atom is -0.480 e. The summed E-state index contributed by atoms with van der Waals surface area (Å²) in [5.41, 5.74) is 2.39. The van der Waals surface area contributed by atoms with Crippen LogP contribution in [0.15, 0.2) is 47.8 Å². The zero-order valence-corrected chi connectivity index (χ0v) is 14.4. The molecule has 25 heavy (non-hydrogen) atoms. The van der Waals surface area contributed by atoms with E-state index < -0.39 is 6.10 Å². The summed E-state index contributed by atoms with van der Waals surface area (Å²) in [5.74, 6) is 0.119. The predicted molar refractivity (Wildman–Crippen MR) is 95.7 cm³/mol. The molecule has 126 valence electrons. The van der Waals surface area contributed by atoms with Crippen LogP contribution in [0.2, 0.25) is 5.02 Å². The van der Waals surface area contributed by atoms with Crippen LogP contribution in [-0.2, 0) is 11.2 Å². The smallest absolute Gasteiger partial charge is 0.267 e. The average molecular weight is 375 g/mol. The fourth-order valence-electron chi connectivity index (χ4n) is 2.63. The first-order valence-electron chi connectivity index (χ1n) is 7.56. The van der Waals surface area contributed by atoms with Crippen molar-refractivity contribution in [2.24, 2.45) is 0 Å². The second-order valence-electron chi connectivity index (χ2n) is 5.60. The number of fused-ring (bicyclic) bond motifs is 1. The Hall–Kier alpha value is -2.44. The Morgan fingerprint density at radius 2 is 2.08 bits per heavy atom. The van der Waals surface area contributed by atoms with Crippen molar-refractivity contribution in [1.29, 1.82) is 0 Å². The van der Waals surface area contributed by atoms with E-state index in [1.807, 2.05) is 5.38 Å². The molecule has 2 aromatic carbocycles. The lowest BCUT2D eigenvalue weighted by atomic mass is 10.1. The fourth-order valence-corrected chi connectivity index (χ4v) is 3.55. The number of anilines is 1. The van der Waals surface area contributed by atoms with Crippen LogP contribution in [0.1, 0.15) is 5.56 Å². The number of hydrogen-bond donors (Lipinski definition) is 1. The van der Waals surface area contributed by atoms with Crippen molar-refractivity contribution in [3.05, 3.63) is 64.2 Å². The van der Waals surface area contributed by atoms with Crippen LogP contribution in [0.3, 0.4) is 0 Å². The largest absolute Gasteiger partial charge is 0.480 e. The summed E-state index contributed by atoms with van der Waals surface area (Å²) in [6.07, 6.45) is -0.135. The van der Waals surface area contributed by atoms with Gasteiger partial charge < -0.3 is 4.74 Å². The van der Waals surface area contributed by atoms with Crippen LogP contribution in [0, 0.1) is 5.82 Å². The third-order valence-corrected chi connectivity index (χ3v) is 4.86. The van der Waals surface area contributed by atoms with Crippen LogP contribution in [-0.4, -0.2) is 17.0 Å². The number of rotatable bonds is 3. The number of benzene rings is 2. The van der Waals surface area contributed by atoms with E-state index in [4.69, 9.17) is 16.3 Å². The standard InChI is InChI=1S/C18H12ClFN2O2S/c19-12-3-6-15-11(7-12)8-16(24-15)17(23)22-18-21-14(9-25-18)10-1-4-13(20)5-2-10/h1-7,9,16H,8H2,(H,21,22,23). The molecule has 4 nitrogen and oxygen atoms in total. The Kier molecular flexibility index (Phi) is 4.15. The van der Waals surface area contributed by atoms with Gasteiger partial charge in [0.15, 0.2) is 11.2 Å². The summed E-state index contributed by atoms with van der Waals surface area (Å²) in [4.78, 5) is 16.8. The van der Waals surface area contributed by atoms with Gasteiger partial charge in [-0.3, -0.25) is 10.1 Å². The van der Waals surface area contributed by atoms with Crippen molar-refractivity contribution in [3.63, 3.8) is 0 Å². The number of hydrogen-bond acceptors (Lipinski definition) is 4. The molecule has 1 unspecified atom stereocenters. The summed E-state index contributed by atoms with van der Waals surface area (Å²) in [6.45, 7) is 0. The number of carbonyl (C=O) groups is 1. The molecule has 4 rings (SSSR count). The molecule has 7 heteroatoms. The van der Waals surface area contributed by atoms with Gasteiger partial charge in [0.05, 0.1) is 5.69 Å². The fraction of sp³-hybridized carbons (Fsp3) is 0.111. The molecule has 0 bridgehead atoms. The molecule has 0 saturated carbocycles. The van der Waals surface area contributed by atoms with Gasteiger partial charge >= 0.3 is 0 Å². The Morgan fingerprint density at radius 1 is 1.28 bits per heavy atom. The van der Waals surface area contributed by atoms with Crippen LogP contribution in [0.5, 0.6) is 5.75 Å². The van der Waals surface area contributed by atoms with E-state index in [0.717, 1.165) is 11.1 Å². The monoisotopic (exact) mass is 374 g/mol. The zero-order valence-electron chi connectivity index (χ0n) is 12.8. The topological polar surface area (TPSA) is 51.2 Å². The molecule has 1 aromatic heterocycles. The SMILES string of the molecule is O=C(Nc1nc(-c2ccc(F)cc2)cs1)C1Cc2cc(Cl)ccc2O1. The molecule has 1 atom stereocenters. The number of amides is 1. The molecule has 0 spiro atoms. The molecule has 0 fully saturated rings. The summed E-state index contributed by atoms with van der Waals surface area (Å²) in [5, 5.41) is 5.68. The third-order valence-electron chi connectivity index (χ3n) is 3.86. The molecule has 0 aliphatic carbocycles. The van der Waals surface area contributed by atoms with E-state index in [9.17, 15) is 9.18 Å². The van der Waals surface area contributed by atoms with E-state index >= 15 is 0 Å². The quantitative estimate of drug-likeness (QED) is 0.732. The molecule has 0 saturated heterocycles. The highest BCUT2D eigenvalue weighted by Gasteiger charge is 2.29. The molecule has 2 heterocycles. The Balaban J connectivity index is 1.45. The van der Waals surface area contributed by atoms with E-state index in [1.54, 1.807) is 30.3 Å². The van der Waals surface area contributed by atoms with Gasteiger partial charge in [-0.25, -0.2) is 9.37 Å². The maximum atomic E-state index is 13.0. The first-order valence-corrected chi connectivity index (χ1v) is 8.82. The highest BCUT2D eigenvalue weighted by Crippen LogP contribution is 2.32. The third kappa shape index (κ3) is 3.36. The van der Waals surface area contributed by atoms with Gasteiger partial charge in [-0.2, -0.15) is 0 Å². The normalized spacial score (nSPS) is 15.5. The average Bonchev–Trinajstić information content (AvgIpc) is 3.22. The maximum Gasteiger partial charge on any atom is 0.267 e. The molecule has 1 N–H and O–H groups in total. The zero-order chi connectivity index (χ0) is 17.4. The second kappa shape index (κ2) is 6.46. The number of halogens is 2. The molecule has 1 aliphatic rings. The summed E-state index contributed by atoms with van der Waals surface area (Å²) >= 11 is 7.27. The molecular weight excluding hydrogens is 363 g/mol. The van der Waals surface area contributed by atoms with E-state index in [2.05, 4.69) is 10.3 Å². The van der Waals surface area contributed by atoms with E-state index in [-0.39, 0.29) is 11.7 Å². The van der Waals surface area contributed by atoms with Crippen LogP contribution in [0.4, 0.5) is 9.52 Å². The second-order valence-corrected chi connectivity index (χ2v) is 6.89. The van der Waals surface area contributed by atoms with E-state index in [0.29, 0.717) is 28.0 Å². The van der Waals surface area contributed by atoms with Crippen LogP contribution in [0.25, 0.3) is 11.3 Å². The lowest BCUT2D eigenvalue weighted by molar-refractivity contribution is -0.122. The van der Waals surface area contributed by atoms with Crippen LogP contribution >= 0.6 is 22.9 Å². The van der Waals surface area contributed by atoms with Gasteiger partial charge in [0, 0.05) is 22.4 Å². The number of aromatic nitrogens is 1. The van der Waals surface area contributed by atoms with E-state index in [1.165, 1.54) is 23.5 Å². The minimum atomic E-state index is -0.605. The number of nitrogens with zero attached hydrogens (tertiary/aromatic N) is 1. The number of ether oxygens (including phenoxy) is 1. The van der Waals surface area contributed by atoms with Gasteiger partial charge in [0.2, 0.25) is 0 Å². The highest BCUT2D eigenvalue weighted by molar-refractivity contribution is 7.14. The summed E-state index contributed by atoms with van der Waals surface area (Å²) < 4.78 is 18.7. The summed E-state index contributed by atoms with van der Waals surface area (Å²) in [6, 6.07) is 11.4. The van der Waals surface area contributed by atoms with Gasteiger partial charge in [-0.1, -0.05) is 11.6 Å². The Bertz CT molecular complexity index is 943. The van der Waals surface area contributed by atoms with Crippen molar-refractivity contribution >= 4 is 34.0 Å². The maximum absolute atomic E-state index is 13.0. The minimum absolute atomic E-state index is 0.257. The number of carbonyl (C=O) groups excluding carboxylic acids is 1. The number of nitrogens with one attached hydrogen (secondary N) is 1. The van der Waals surface area contributed by atoms with Crippen molar-refractivity contribution < 1.29 is 13.9 Å². The Labute approximate surface area is 152 Å². The molecular formula is C18H12ClFN2O2S. The van der Waals surface area contributed by atoms with Crippen molar-refractivity contribution in [3.8, 4) is 17.0 Å². The predicted octanol–water partition coefficient (Wildman–Crippen LogP) is 4.54. The molecule has 1 amide bonds. The van der Waals surface area contributed by atoms with Crippen molar-refractivity contribution in [2.45, 2.75) is 12.5 Å². The first-order chi connectivity index (χ1) is 12.1. The van der Waals surface area contributed by atoms with Crippen molar-refractivity contribution in [2.75, 3.05) is 5.32 Å². The Morgan fingerprint density at radius 3 is 2.88 bits per heavy atom. The van der Waals surface area contributed by atoms with Crippen LogP contribution < -0.4 is 10.1 Å². The number of thiazole rings is 1. The molecule has 1 aliphatic heterocycles. The van der Waals surface area contributed by atoms with Crippen molar-refractivity contribution in [1.82, 2.24) is 4.98 Å². The van der Waals surface area contributed by atoms with Gasteiger partial charge in [-0.15, -0.1) is 11.3 Å². The van der Waals surface area contributed by atoms with Gasteiger partial charge in [0.1, 0.15) is 11.6 Å². The lowest BCUT2D eigenvalue weighted by Gasteiger charge is -2.09. The summed E-state index contributed by atoms with van der Waals surface area (Å²) in [7, 11) is 0.